The molecule has 2 aliphatic rings. The van der Waals surface area contributed by atoms with E-state index in [0.29, 0.717) is 6.42 Å². The van der Waals surface area contributed by atoms with Crippen molar-refractivity contribution in [3.63, 3.8) is 0 Å². The maximum Gasteiger partial charge on any atom is 0.222 e. The van der Waals surface area contributed by atoms with E-state index in [-0.39, 0.29) is 17.0 Å². The second-order valence-electron chi connectivity index (χ2n) is 6.06. The number of hydrogen-bond acceptors (Lipinski definition) is 2. The molecule has 0 aromatic carbocycles. The van der Waals surface area contributed by atoms with E-state index in [1.165, 1.54) is 25.7 Å². The van der Waals surface area contributed by atoms with Crippen LogP contribution in [0.1, 0.15) is 64.7 Å². The van der Waals surface area contributed by atoms with Gasteiger partial charge in [-0.2, -0.15) is 0 Å². The first kappa shape index (κ1) is 11.9. The van der Waals surface area contributed by atoms with Gasteiger partial charge in [0.05, 0.1) is 0 Å². The van der Waals surface area contributed by atoms with Crippen LogP contribution in [0.25, 0.3) is 0 Å². The second-order valence-corrected chi connectivity index (χ2v) is 6.06. The summed E-state index contributed by atoms with van der Waals surface area (Å²) in [7, 11) is 0. The molecule has 0 aromatic heterocycles. The van der Waals surface area contributed by atoms with Crippen LogP contribution in [-0.2, 0) is 4.79 Å². The van der Waals surface area contributed by atoms with Crippen LogP contribution in [0.4, 0.5) is 0 Å². The number of amides is 1. The second kappa shape index (κ2) is 4.36. The van der Waals surface area contributed by atoms with Crippen LogP contribution < -0.4 is 11.1 Å². The molecule has 0 saturated heterocycles. The Kier molecular flexibility index (Phi) is 3.24. The molecular weight excluding hydrogens is 200 g/mol. The van der Waals surface area contributed by atoms with Crippen molar-refractivity contribution < 1.29 is 4.79 Å². The lowest BCUT2D eigenvalue weighted by Crippen LogP contribution is -2.48. The Labute approximate surface area is 98.2 Å². The fourth-order valence-electron chi connectivity index (χ4n) is 3.24. The summed E-state index contributed by atoms with van der Waals surface area (Å²) in [5.41, 5.74) is 6.05. The molecule has 0 bridgehead atoms. The van der Waals surface area contributed by atoms with Crippen molar-refractivity contribution in [1.82, 2.24) is 5.32 Å². The van der Waals surface area contributed by atoms with Crippen molar-refractivity contribution in [2.45, 2.75) is 75.8 Å². The zero-order valence-corrected chi connectivity index (χ0v) is 10.3. The summed E-state index contributed by atoms with van der Waals surface area (Å²) < 4.78 is 0. The average Bonchev–Trinajstić information content (AvgIpc) is 2.75. The monoisotopic (exact) mass is 224 g/mol. The summed E-state index contributed by atoms with van der Waals surface area (Å²) in [5.74, 6) is 0.161. The molecule has 3 N–H and O–H groups in total. The van der Waals surface area contributed by atoms with Crippen LogP contribution in [0.15, 0.2) is 0 Å². The summed E-state index contributed by atoms with van der Waals surface area (Å²) in [6.07, 6.45) is 9.63. The van der Waals surface area contributed by atoms with Crippen LogP contribution in [0, 0.1) is 0 Å². The molecule has 0 spiro atoms. The molecule has 0 aliphatic heterocycles. The molecule has 3 heteroatoms. The Hall–Kier alpha value is -0.570. The fraction of sp³-hybridized carbons (Fsp3) is 0.923. The van der Waals surface area contributed by atoms with Gasteiger partial charge >= 0.3 is 0 Å². The predicted molar refractivity (Wildman–Crippen MR) is 65.0 cm³/mol. The predicted octanol–water partition coefficient (Wildman–Crippen LogP) is 2.10. The van der Waals surface area contributed by atoms with Gasteiger partial charge in [0, 0.05) is 17.5 Å². The lowest BCUT2D eigenvalue weighted by Gasteiger charge is -2.29. The van der Waals surface area contributed by atoms with Gasteiger partial charge in [-0.15, -0.1) is 0 Å². The van der Waals surface area contributed by atoms with Gasteiger partial charge in [0.1, 0.15) is 0 Å². The summed E-state index contributed by atoms with van der Waals surface area (Å²) in [6.45, 7) is 2.16. The minimum absolute atomic E-state index is 0.0477. The molecule has 0 unspecified atom stereocenters. The Balaban J connectivity index is 1.84. The smallest absolute Gasteiger partial charge is 0.222 e. The SMILES string of the molecule is CC1(NC(=O)CC2(N)CCCC2)CCCC1. The third-order valence-electron chi connectivity index (χ3n) is 4.26. The molecule has 92 valence electrons. The van der Waals surface area contributed by atoms with Crippen molar-refractivity contribution in [3.05, 3.63) is 0 Å². The number of rotatable bonds is 3. The Morgan fingerprint density at radius 2 is 1.62 bits per heavy atom. The molecule has 2 fully saturated rings. The van der Waals surface area contributed by atoms with Gasteiger partial charge in [0.2, 0.25) is 5.91 Å². The van der Waals surface area contributed by atoms with E-state index in [9.17, 15) is 4.79 Å². The van der Waals surface area contributed by atoms with Gasteiger partial charge in [0.25, 0.3) is 0 Å². The lowest BCUT2D eigenvalue weighted by atomic mass is 9.93. The first-order valence-corrected chi connectivity index (χ1v) is 6.61. The third-order valence-corrected chi connectivity index (χ3v) is 4.26. The summed E-state index contributed by atoms with van der Waals surface area (Å²) >= 11 is 0. The highest BCUT2D eigenvalue weighted by Crippen LogP contribution is 2.32. The standard InChI is InChI=1S/C13H24N2O/c1-12(6-2-3-7-12)15-11(16)10-13(14)8-4-5-9-13/h2-10,14H2,1H3,(H,15,16). The molecule has 3 nitrogen and oxygen atoms in total. The highest BCUT2D eigenvalue weighted by atomic mass is 16.1. The van der Waals surface area contributed by atoms with E-state index in [4.69, 9.17) is 5.73 Å². The first-order chi connectivity index (χ1) is 7.52. The van der Waals surface area contributed by atoms with Crippen LogP contribution >= 0.6 is 0 Å². The van der Waals surface area contributed by atoms with Gasteiger partial charge in [-0.3, -0.25) is 4.79 Å². The van der Waals surface area contributed by atoms with Gasteiger partial charge in [-0.25, -0.2) is 0 Å². The Morgan fingerprint density at radius 3 is 2.19 bits per heavy atom. The largest absolute Gasteiger partial charge is 0.351 e. The van der Waals surface area contributed by atoms with Crippen LogP contribution in [0.2, 0.25) is 0 Å². The molecule has 16 heavy (non-hydrogen) atoms. The molecule has 0 atom stereocenters. The van der Waals surface area contributed by atoms with Crippen LogP contribution in [0.3, 0.4) is 0 Å². The van der Waals surface area contributed by atoms with Crippen molar-refractivity contribution in [3.8, 4) is 0 Å². The minimum Gasteiger partial charge on any atom is -0.351 e. The quantitative estimate of drug-likeness (QED) is 0.771. The number of nitrogens with two attached hydrogens (primary N) is 1. The molecule has 2 saturated carbocycles. The summed E-state index contributed by atoms with van der Waals surface area (Å²) in [4.78, 5) is 12.0. The van der Waals surface area contributed by atoms with Crippen molar-refractivity contribution >= 4 is 5.91 Å². The van der Waals surface area contributed by atoms with Gasteiger partial charge in [-0.05, 0) is 32.6 Å². The first-order valence-electron chi connectivity index (χ1n) is 6.61. The number of nitrogens with one attached hydrogen (secondary N) is 1. The van der Waals surface area contributed by atoms with E-state index in [1.807, 2.05) is 0 Å². The maximum absolute atomic E-state index is 12.0. The normalized spacial score (nSPS) is 26.9. The van der Waals surface area contributed by atoms with E-state index in [0.717, 1.165) is 25.7 Å². The number of hydrogen-bond donors (Lipinski definition) is 2. The van der Waals surface area contributed by atoms with E-state index < -0.39 is 0 Å². The topological polar surface area (TPSA) is 55.1 Å². The van der Waals surface area contributed by atoms with Crippen molar-refractivity contribution in [2.75, 3.05) is 0 Å². The minimum atomic E-state index is -0.209. The highest BCUT2D eigenvalue weighted by molar-refractivity contribution is 5.78. The molecular formula is C13H24N2O. The molecule has 1 amide bonds. The highest BCUT2D eigenvalue weighted by Gasteiger charge is 2.35. The summed E-state index contributed by atoms with van der Waals surface area (Å²) in [6, 6.07) is 0. The Morgan fingerprint density at radius 1 is 1.12 bits per heavy atom. The van der Waals surface area contributed by atoms with E-state index in [2.05, 4.69) is 12.2 Å². The molecule has 0 heterocycles. The average molecular weight is 224 g/mol. The molecule has 2 rings (SSSR count). The molecule has 0 radical (unpaired) electrons. The maximum atomic E-state index is 12.0. The number of carbonyl (C=O) groups is 1. The van der Waals surface area contributed by atoms with Crippen LogP contribution in [0.5, 0.6) is 0 Å². The number of carbonyl (C=O) groups excluding carboxylic acids is 1. The van der Waals surface area contributed by atoms with Crippen molar-refractivity contribution in [1.29, 1.82) is 0 Å². The third kappa shape index (κ3) is 2.76. The molecule has 2 aliphatic carbocycles. The molecule has 0 aromatic rings. The zero-order chi connectivity index (χ0) is 11.6. The van der Waals surface area contributed by atoms with E-state index >= 15 is 0 Å². The van der Waals surface area contributed by atoms with Crippen molar-refractivity contribution in [2.24, 2.45) is 5.73 Å². The lowest BCUT2D eigenvalue weighted by molar-refractivity contribution is -0.124. The summed E-state index contributed by atoms with van der Waals surface area (Å²) in [5, 5.41) is 3.19. The zero-order valence-electron chi connectivity index (χ0n) is 10.3. The Bertz CT molecular complexity index is 237. The van der Waals surface area contributed by atoms with Gasteiger partial charge in [0.15, 0.2) is 0 Å². The van der Waals surface area contributed by atoms with E-state index in [1.54, 1.807) is 0 Å². The fourth-order valence-corrected chi connectivity index (χ4v) is 3.24. The van der Waals surface area contributed by atoms with Crippen LogP contribution in [-0.4, -0.2) is 17.0 Å². The van der Waals surface area contributed by atoms with Gasteiger partial charge < -0.3 is 11.1 Å². The van der Waals surface area contributed by atoms with Gasteiger partial charge in [-0.1, -0.05) is 25.7 Å².